The molecule has 1 atom stereocenters. The zero-order valence-electron chi connectivity index (χ0n) is 9.29. The summed E-state index contributed by atoms with van der Waals surface area (Å²) >= 11 is 0. The van der Waals surface area contributed by atoms with Gasteiger partial charge in [0.1, 0.15) is 0 Å². The van der Waals surface area contributed by atoms with Crippen molar-refractivity contribution in [2.45, 2.75) is 45.3 Å². The van der Waals surface area contributed by atoms with Gasteiger partial charge in [-0.1, -0.05) is 23.7 Å². The second-order valence-corrected chi connectivity index (χ2v) is 8.12. The molecule has 0 amide bonds. The van der Waals surface area contributed by atoms with Gasteiger partial charge in [-0.05, 0) is 27.2 Å². The van der Waals surface area contributed by atoms with Gasteiger partial charge in [0.25, 0.3) is 0 Å². The van der Waals surface area contributed by atoms with Crippen LogP contribution in [0.3, 0.4) is 0 Å². The molecule has 0 saturated heterocycles. The van der Waals surface area contributed by atoms with E-state index in [2.05, 4.69) is 33.0 Å². The fraction of sp³-hybridized carbons (Fsp3) is 1.00. The van der Waals surface area contributed by atoms with Crippen LogP contribution in [0.2, 0.25) is 0 Å². The lowest BCUT2D eigenvalue weighted by Gasteiger charge is -2.43. The number of hydrogen-bond acceptors (Lipinski definition) is 3. The lowest BCUT2D eigenvalue weighted by Crippen LogP contribution is -2.27. The highest BCUT2D eigenvalue weighted by atomic mass is 32.3. The van der Waals surface area contributed by atoms with Crippen molar-refractivity contribution in [1.82, 2.24) is 0 Å². The van der Waals surface area contributed by atoms with Crippen LogP contribution in [0.1, 0.15) is 40.5 Å². The van der Waals surface area contributed by atoms with Crippen LogP contribution < -0.4 is 0 Å². The second-order valence-electron chi connectivity index (χ2n) is 4.32. The molecule has 0 heterocycles. The highest BCUT2D eigenvalue weighted by molar-refractivity contribution is 8.30. The van der Waals surface area contributed by atoms with E-state index >= 15 is 0 Å². The molecule has 0 N–H and O–H groups in total. The summed E-state index contributed by atoms with van der Waals surface area (Å²) in [5.41, 5.74) is 0. The molecule has 1 unspecified atom stereocenters. The molecule has 4 heteroatoms. The van der Waals surface area contributed by atoms with Crippen LogP contribution in [-0.4, -0.2) is 16.8 Å². The van der Waals surface area contributed by atoms with Crippen LogP contribution in [0.15, 0.2) is 5.34 Å². The molecule has 0 aliphatic carbocycles. The molecule has 13 heavy (non-hydrogen) atoms. The maximum Gasteiger partial charge on any atom is 0.166 e. The topological polar surface area (TPSA) is 38.7 Å². The van der Waals surface area contributed by atoms with Crippen LogP contribution in [-0.2, 0) is 4.28 Å². The van der Waals surface area contributed by atoms with E-state index in [1.54, 1.807) is 0 Å². The third-order valence-electron chi connectivity index (χ3n) is 2.38. The van der Waals surface area contributed by atoms with Gasteiger partial charge >= 0.3 is 0 Å². The average molecular weight is 207 g/mol. The van der Waals surface area contributed by atoms with Crippen LogP contribution in [0.25, 0.3) is 0 Å². The van der Waals surface area contributed by atoms with Gasteiger partial charge in [0.15, 0.2) is 5.34 Å². The van der Waals surface area contributed by atoms with Gasteiger partial charge in [-0.25, -0.2) is 0 Å². The Kier molecular flexibility index (Phi) is 4.75. The summed E-state index contributed by atoms with van der Waals surface area (Å²) < 4.78 is 5.07. The van der Waals surface area contributed by atoms with Crippen molar-refractivity contribution < 1.29 is 4.28 Å². The molecule has 80 valence electrons. The van der Waals surface area contributed by atoms with Gasteiger partial charge in [-0.2, -0.15) is 0 Å². The molecular weight excluding hydrogens is 186 g/mol. The molecule has 0 fully saturated rings. The first-order valence-electron chi connectivity index (χ1n) is 4.64. The van der Waals surface area contributed by atoms with E-state index in [1.165, 1.54) is 0 Å². The third-order valence-corrected chi connectivity index (χ3v) is 6.43. The Morgan fingerprint density at radius 1 is 1.38 bits per heavy atom. The molecule has 0 bridgehead atoms. The first-order chi connectivity index (χ1) is 5.87. The van der Waals surface area contributed by atoms with Crippen LogP contribution >= 0.6 is 10.3 Å². The Bertz CT molecular complexity index is 167. The summed E-state index contributed by atoms with van der Waals surface area (Å²) in [4.78, 5) is 10.2. The van der Waals surface area contributed by atoms with E-state index in [4.69, 9.17) is 4.28 Å². The predicted octanol–water partition coefficient (Wildman–Crippen LogP) is 3.63. The van der Waals surface area contributed by atoms with Crippen molar-refractivity contribution in [3.8, 4) is 0 Å². The minimum Gasteiger partial charge on any atom is -0.312 e. The maximum absolute atomic E-state index is 10.2. The normalized spacial score (nSPS) is 18.8. The summed E-state index contributed by atoms with van der Waals surface area (Å²) in [5.74, 6) is 0.957. The summed E-state index contributed by atoms with van der Waals surface area (Å²) in [6.07, 6.45) is 4.25. The van der Waals surface area contributed by atoms with Crippen molar-refractivity contribution in [2.75, 3.05) is 12.0 Å². The minimum absolute atomic E-state index is 0.0239. The molecule has 0 rings (SSSR count). The van der Waals surface area contributed by atoms with Gasteiger partial charge < -0.3 is 4.28 Å². The number of unbranched alkanes of at least 4 members (excludes halogenated alkanes) is 1. The van der Waals surface area contributed by atoms with Gasteiger partial charge in [0.05, 0.1) is 0 Å². The van der Waals surface area contributed by atoms with E-state index < -0.39 is 10.3 Å². The molecule has 0 aromatic heterocycles. The lowest BCUT2D eigenvalue weighted by molar-refractivity contribution is 0.366. The minimum atomic E-state index is -1.35. The van der Waals surface area contributed by atoms with E-state index in [-0.39, 0.29) is 4.75 Å². The Balaban J connectivity index is 4.42. The van der Waals surface area contributed by atoms with E-state index in [1.807, 2.05) is 6.26 Å². The summed E-state index contributed by atoms with van der Waals surface area (Å²) in [5, 5.41) is 2.61. The zero-order chi connectivity index (χ0) is 10.5. The fourth-order valence-electron chi connectivity index (χ4n) is 0.942. The Morgan fingerprint density at radius 3 is 2.23 bits per heavy atom. The monoisotopic (exact) mass is 207 g/mol. The zero-order valence-corrected chi connectivity index (χ0v) is 10.1. The molecule has 0 aromatic carbocycles. The van der Waals surface area contributed by atoms with Crippen LogP contribution in [0, 0.1) is 4.91 Å². The van der Waals surface area contributed by atoms with Crippen molar-refractivity contribution in [2.24, 2.45) is 5.34 Å². The van der Waals surface area contributed by atoms with E-state index in [9.17, 15) is 4.91 Å². The van der Waals surface area contributed by atoms with E-state index in [0.717, 1.165) is 18.6 Å². The number of rotatable bonds is 5. The Hall–Kier alpha value is -0.250. The van der Waals surface area contributed by atoms with Crippen molar-refractivity contribution in [3.63, 3.8) is 0 Å². The average Bonchev–Trinajstić information content (AvgIpc) is 1.99. The third kappa shape index (κ3) is 3.55. The fourth-order valence-corrected chi connectivity index (χ4v) is 2.83. The standard InChI is InChI=1S/C9H21NO2S/c1-6-7-8-13(5,12-10-11)9(2,3)4/h6-8H2,1-5H3. The van der Waals surface area contributed by atoms with Crippen molar-refractivity contribution >= 4 is 10.3 Å². The largest absolute Gasteiger partial charge is 0.312 e. The highest BCUT2D eigenvalue weighted by Crippen LogP contribution is 2.57. The Morgan fingerprint density at radius 2 is 1.92 bits per heavy atom. The van der Waals surface area contributed by atoms with Gasteiger partial charge in [-0.3, -0.25) is 0 Å². The molecule has 0 aromatic rings. The molecule has 0 saturated carbocycles. The van der Waals surface area contributed by atoms with Gasteiger partial charge in [0.2, 0.25) is 0 Å². The summed E-state index contributed by atoms with van der Waals surface area (Å²) in [6.45, 7) is 8.44. The van der Waals surface area contributed by atoms with Gasteiger partial charge in [-0.15, -0.1) is 4.91 Å². The summed E-state index contributed by atoms with van der Waals surface area (Å²) in [6, 6.07) is 0. The summed E-state index contributed by atoms with van der Waals surface area (Å²) in [7, 11) is -1.35. The molecule has 0 spiro atoms. The predicted molar refractivity (Wildman–Crippen MR) is 59.9 cm³/mol. The van der Waals surface area contributed by atoms with Crippen molar-refractivity contribution in [1.29, 1.82) is 0 Å². The number of nitrogens with zero attached hydrogens (tertiary/aromatic N) is 1. The SMILES string of the molecule is CCCCS(C)(ON=O)C(C)(C)C. The molecule has 0 aliphatic heterocycles. The first kappa shape index (κ1) is 12.8. The second kappa shape index (κ2) is 4.84. The smallest absolute Gasteiger partial charge is 0.166 e. The molecule has 3 nitrogen and oxygen atoms in total. The van der Waals surface area contributed by atoms with E-state index in [0.29, 0.717) is 0 Å². The van der Waals surface area contributed by atoms with Gasteiger partial charge in [0, 0.05) is 16.8 Å². The maximum atomic E-state index is 10.2. The Labute approximate surface area is 82.7 Å². The lowest BCUT2D eigenvalue weighted by atomic mass is 10.3. The number of hydrogen-bond donors (Lipinski definition) is 0. The molecule has 0 radical (unpaired) electrons. The van der Waals surface area contributed by atoms with Crippen LogP contribution in [0.5, 0.6) is 0 Å². The van der Waals surface area contributed by atoms with Crippen molar-refractivity contribution in [3.05, 3.63) is 4.91 Å². The quantitative estimate of drug-likeness (QED) is 0.510. The molecule has 0 aliphatic rings. The molecular formula is C9H21NO2S. The van der Waals surface area contributed by atoms with Crippen LogP contribution in [0.4, 0.5) is 0 Å². The first-order valence-corrected chi connectivity index (χ1v) is 6.78. The highest BCUT2D eigenvalue weighted by Gasteiger charge is 2.34.